The molecular formula is C14H21Cl2N3O. The van der Waals surface area contributed by atoms with Crippen molar-refractivity contribution in [3.8, 4) is 0 Å². The molecule has 1 fully saturated rings. The number of nitrogens with one attached hydrogen (secondary N) is 2. The number of anilines is 2. The third-order valence-corrected chi connectivity index (χ3v) is 4.17. The molecule has 2 rings (SSSR count). The van der Waals surface area contributed by atoms with E-state index >= 15 is 0 Å². The first-order chi connectivity index (χ1) is 9.54. The molecule has 0 spiro atoms. The highest BCUT2D eigenvalue weighted by Gasteiger charge is 2.31. The van der Waals surface area contributed by atoms with E-state index in [1.54, 1.807) is 6.07 Å². The van der Waals surface area contributed by atoms with Crippen molar-refractivity contribution >= 4 is 34.8 Å². The van der Waals surface area contributed by atoms with Gasteiger partial charge in [0, 0.05) is 13.1 Å². The fourth-order valence-corrected chi connectivity index (χ4v) is 2.91. The molecule has 1 aliphatic carbocycles. The van der Waals surface area contributed by atoms with Gasteiger partial charge < -0.3 is 15.7 Å². The number of hydrogen-bond donors (Lipinski definition) is 3. The van der Waals surface area contributed by atoms with Crippen LogP contribution in [0.2, 0.25) is 10.0 Å². The van der Waals surface area contributed by atoms with Crippen molar-refractivity contribution in [2.24, 2.45) is 0 Å². The Morgan fingerprint density at radius 2 is 1.80 bits per heavy atom. The predicted molar refractivity (Wildman–Crippen MR) is 84.9 cm³/mol. The van der Waals surface area contributed by atoms with Crippen molar-refractivity contribution in [1.82, 2.24) is 4.98 Å². The van der Waals surface area contributed by atoms with E-state index in [1.165, 1.54) is 0 Å². The molecule has 0 radical (unpaired) electrons. The Balaban J connectivity index is 2.06. The Labute approximate surface area is 129 Å². The van der Waals surface area contributed by atoms with E-state index < -0.39 is 5.60 Å². The van der Waals surface area contributed by atoms with Gasteiger partial charge in [0.15, 0.2) is 0 Å². The molecule has 1 aliphatic rings. The van der Waals surface area contributed by atoms with Crippen molar-refractivity contribution in [3.63, 3.8) is 0 Å². The molecule has 6 heteroatoms. The first kappa shape index (κ1) is 15.7. The molecule has 1 heterocycles. The molecule has 1 aromatic heterocycles. The number of aromatic nitrogens is 1. The summed E-state index contributed by atoms with van der Waals surface area (Å²) in [5.41, 5.74) is -0.637. The number of rotatable bonds is 6. The van der Waals surface area contributed by atoms with Gasteiger partial charge in [0.25, 0.3) is 0 Å². The van der Waals surface area contributed by atoms with Gasteiger partial charge in [-0.05, 0) is 25.3 Å². The van der Waals surface area contributed by atoms with Crippen LogP contribution in [0.15, 0.2) is 6.07 Å². The maximum atomic E-state index is 10.3. The molecule has 1 aromatic rings. The van der Waals surface area contributed by atoms with Gasteiger partial charge in [-0.3, -0.25) is 0 Å². The third-order valence-electron chi connectivity index (χ3n) is 3.59. The van der Waals surface area contributed by atoms with Gasteiger partial charge in [0.05, 0.1) is 15.6 Å². The lowest BCUT2D eigenvalue weighted by Crippen LogP contribution is -2.33. The van der Waals surface area contributed by atoms with Crippen molar-refractivity contribution < 1.29 is 5.11 Å². The van der Waals surface area contributed by atoms with Gasteiger partial charge in [-0.25, -0.2) is 4.98 Å². The molecular weight excluding hydrogens is 297 g/mol. The Kier molecular flexibility index (Phi) is 5.35. The first-order valence-electron chi connectivity index (χ1n) is 7.10. The Hall–Kier alpha value is -0.710. The second kappa shape index (κ2) is 6.83. The summed E-state index contributed by atoms with van der Waals surface area (Å²) >= 11 is 12.3. The van der Waals surface area contributed by atoms with Crippen molar-refractivity contribution in [1.29, 1.82) is 0 Å². The van der Waals surface area contributed by atoms with Gasteiger partial charge in [-0.2, -0.15) is 0 Å². The molecule has 1 saturated carbocycles. The lowest BCUT2D eigenvalue weighted by molar-refractivity contribution is 0.0614. The summed E-state index contributed by atoms with van der Waals surface area (Å²) < 4.78 is 0. The molecule has 0 atom stereocenters. The van der Waals surface area contributed by atoms with Gasteiger partial charge in [-0.15, -0.1) is 0 Å². The molecule has 0 bridgehead atoms. The summed E-state index contributed by atoms with van der Waals surface area (Å²) in [5, 5.41) is 17.6. The van der Waals surface area contributed by atoms with Gasteiger partial charge in [0.2, 0.25) is 0 Å². The molecule has 4 nitrogen and oxygen atoms in total. The van der Waals surface area contributed by atoms with Crippen LogP contribution >= 0.6 is 23.2 Å². The minimum Gasteiger partial charge on any atom is -0.388 e. The van der Waals surface area contributed by atoms with Crippen LogP contribution in [0.4, 0.5) is 11.6 Å². The Morgan fingerprint density at radius 1 is 1.20 bits per heavy atom. The van der Waals surface area contributed by atoms with Crippen LogP contribution < -0.4 is 10.6 Å². The fourth-order valence-electron chi connectivity index (χ4n) is 2.42. The number of aliphatic hydroxyl groups is 1. The average molecular weight is 318 g/mol. The molecule has 0 amide bonds. The molecule has 20 heavy (non-hydrogen) atoms. The minimum atomic E-state index is -0.637. The lowest BCUT2D eigenvalue weighted by Gasteiger charge is -2.23. The molecule has 0 saturated heterocycles. The Bertz CT molecular complexity index is 462. The lowest BCUT2D eigenvalue weighted by atomic mass is 10.0. The van der Waals surface area contributed by atoms with E-state index in [1.807, 2.05) is 0 Å². The summed E-state index contributed by atoms with van der Waals surface area (Å²) in [6.07, 6.45) is 4.79. The molecule has 3 N–H and O–H groups in total. The van der Waals surface area contributed by atoms with Crippen LogP contribution in [-0.2, 0) is 0 Å². The summed E-state index contributed by atoms with van der Waals surface area (Å²) in [5.74, 6) is 1.19. The zero-order valence-corrected chi connectivity index (χ0v) is 13.2. The van der Waals surface area contributed by atoms with Crippen molar-refractivity contribution in [3.05, 3.63) is 16.1 Å². The maximum Gasteiger partial charge on any atom is 0.147 e. The van der Waals surface area contributed by atoms with Crippen LogP contribution in [0.5, 0.6) is 0 Å². The van der Waals surface area contributed by atoms with E-state index in [-0.39, 0.29) is 0 Å². The van der Waals surface area contributed by atoms with Gasteiger partial charge in [-0.1, -0.05) is 43.0 Å². The standard InChI is InChI=1S/C14H21Cl2N3O/c1-2-7-17-12-10(15)8-11(16)13(19-12)18-9-14(20)5-3-4-6-14/h8,20H,2-7,9H2,1H3,(H2,17,18,19). The van der Waals surface area contributed by atoms with E-state index in [2.05, 4.69) is 22.5 Å². The SMILES string of the molecule is CCCNc1nc(NCC2(O)CCCC2)c(Cl)cc1Cl. The number of halogens is 2. The number of hydrogen-bond acceptors (Lipinski definition) is 4. The van der Waals surface area contributed by atoms with Crippen LogP contribution in [0, 0.1) is 0 Å². The largest absolute Gasteiger partial charge is 0.388 e. The summed E-state index contributed by atoms with van der Waals surface area (Å²) in [6.45, 7) is 3.35. The smallest absolute Gasteiger partial charge is 0.147 e. The first-order valence-corrected chi connectivity index (χ1v) is 7.86. The second-order valence-electron chi connectivity index (χ2n) is 5.36. The van der Waals surface area contributed by atoms with E-state index in [9.17, 15) is 5.11 Å². The monoisotopic (exact) mass is 317 g/mol. The summed E-state index contributed by atoms with van der Waals surface area (Å²) in [4.78, 5) is 4.40. The summed E-state index contributed by atoms with van der Waals surface area (Å²) in [6, 6.07) is 1.68. The van der Waals surface area contributed by atoms with Crippen LogP contribution in [-0.4, -0.2) is 28.8 Å². The average Bonchev–Trinajstić information content (AvgIpc) is 2.84. The zero-order valence-electron chi connectivity index (χ0n) is 11.7. The molecule has 0 aromatic carbocycles. The van der Waals surface area contributed by atoms with Crippen LogP contribution in [0.3, 0.4) is 0 Å². The van der Waals surface area contributed by atoms with Gasteiger partial charge in [0.1, 0.15) is 11.6 Å². The quantitative estimate of drug-likeness (QED) is 0.744. The third kappa shape index (κ3) is 3.90. The maximum absolute atomic E-state index is 10.3. The second-order valence-corrected chi connectivity index (χ2v) is 6.18. The van der Waals surface area contributed by atoms with E-state index in [4.69, 9.17) is 23.2 Å². The molecule has 112 valence electrons. The molecule has 0 unspecified atom stereocenters. The van der Waals surface area contributed by atoms with Crippen molar-refractivity contribution in [2.45, 2.75) is 44.6 Å². The number of nitrogens with zero attached hydrogens (tertiary/aromatic N) is 1. The highest BCUT2D eigenvalue weighted by molar-refractivity contribution is 6.37. The zero-order chi connectivity index (χ0) is 14.6. The van der Waals surface area contributed by atoms with Crippen LogP contribution in [0.25, 0.3) is 0 Å². The normalized spacial score (nSPS) is 17.2. The van der Waals surface area contributed by atoms with Crippen molar-refractivity contribution in [2.75, 3.05) is 23.7 Å². The topological polar surface area (TPSA) is 57.2 Å². The summed E-state index contributed by atoms with van der Waals surface area (Å²) in [7, 11) is 0. The fraction of sp³-hybridized carbons (Fsp3) is 0.643. The van der Waals surface area contributed by atoms with E-state index in [0.717, 1.165) is 38.6 Å². The molecule has 0 aliphatic heterocycles. The van der Waals surface area contributed by atoms with Gasteiger partial charge >= 0.3 is 0 Å². The highest BCUT2D eigenvalue weighted by Crippen LogP contribution is 2.32. The Morgan fingerprint density at radius 3 is 2.40 bits per heavy atom. The van der Waals surface area contributed by atoms with Crippen LogP contribution in [0.1, 0.15) is 39.0 Å². The van der Waals surface area contributed by atoms with E-state index in [0.29, 0.717) is 28.2 Å². The number of pyridine rings is 1. The minimum absolute atomic E-state index is 0.467. The highest BCUT2D eigenvalue weighted by atomic mass is 35.5. The predicted octanol–water partition coefficient (Wildman–Crippen LogP) is 3.93.